The molecular weight excluding hydrogens is 2040 g/mol. The van der Waals surface area contributed by atoms with Gasteiger partial charge in [-0.1, -0.05) is 269 Å². The van der Waals surface area contributed by atoms with Crippen LogP contribution in [0.15, 0.2) is 340 Å². The molecule has 0 saturated carbocycles. The molecule has 4 fully saturated rings. The van der Waals surface area contributed by atoms with E-state index in [2.05, 4.69) is 86.3 Å². The molecule has 15 aromatic carbocycles. The number of para-hydroxylation sites is 1. The van der Waals surface area contributed by atoms with Gasteiger partial charge in [0.15, 0.2) is 0 Å². The van der Waals surface area contributed by atoms with Gasteiger partial charge < -0.3 is 53.4 Å². The highest BCUT2D eigenvalue weighted by Crippen LogP contribution is 2.44. The van der Waals surface area contributed by atoms with Crippen LogP contribution in [0.25, 0.3) is 22.3 Å². The zero-order valence-electron chi connectivity index (χ0n) is 82.4. The first kappa shape index (κ1) is 108. The summed E-state index contributed by atoms with van der Waals surface area (Å²) < 4.78 is 69.5. The first-order chi connectivity index (χ1) is 71.3. The van der Waals surface area contributed by atoms with Crippen molar-refractivity contribution >= 4 is 139 Å². The Bertz CT molecular complexity index is 7110. The Balaban J connectivity index is 0.000000141. The van der Waals surface area contributed by atoms with Crippen molar-refractivity contribution in [2.75, 3.05) is 112 Å². The molecule has 760 valence electrons. The highest BCUT2D eigenvalue weighted by atomic mass is 35.5. The molecule has 4 unspecified atom stereocenters. The van der Waals surface area contributed by atoms with Crippen molar-refractivity contribution in [2.45, 2.75) is 83.7 Å². The molecule has 0 spiro atoms. The summed E-state index contributed by atoms with van der Waals surface area (Å²) in [6, 6.07) is 107. The molecule has 4 amide bonds. The fraction of sp³-hybridized carbons (Fsp3) is 0.223. The summed E-state index contributed by atoms with van der Waals surface area (Å²) in [7, 11) is 3.33. The van der Waals surface area contributed by atoms with Gasteiger partial charge in [-0.15, -0.1) is 0 Å². The molecular formula is C121H110Cl8F4N8O7. The number of anilines is 4. The predicted molar refractivity (Wildman–Crippen MR) is 593 cm³/mol. The van der Waals surface area contributed by atoms with Crippen LogP contribution in [0.4, 0.5) is 40.3 Å². The molecule has 19 rings (SSSR count). The number of piperazine rings is 4. The molecule has 0 N–H and O–H groups in total. The van der Waals surface area contributed by atoms with Gasteiger partial charge in [-0.25, -0.2) is 4.39 Å². The minimum absolute atomic E-state index is 0.0191. The van der Waals surface area contributed by atoms with Crippen LogP contribution in [0.2, 0.25) is 40.2 Å². The number of amides is 4. The Labute approximate surface area is 902 Å². The summed E-state index contributed by atoms with van der Waals surface area (Å²) in [5, 5.41) is 5.39. The van der Waals surface area contributed by atoms with Gasteiger partial charge in [0.25, 0.3) is 0 Å². The third kappa shape index (κ3) is 28.1. The third-order valence-electron chi connectivity index (χ3n) is 26.9. The predicted octanol–water partition coefficient (Wildman–Crippen LogP) is 30.0. The van der Waals surface area contributed by atoms with Gasteiger partial charge in [-0.2, -0.15) is 13.2 Å². The van der Waals surface area contributed by atoms with E-state index in [4.69, 9.17) is 107 Å². The quantitative estimate of drug-likeness (QED) is 0.0603. The summed E-state index contributed by atoms with van der Waals surface area (Å²) in [6.07, 6.45) is -3.97. The molecule has 4 heterocycles. The summed E-state index contributed by atoms with van der Waals surface area (Å²) in [6.45, 7) is 14.8. The van der Waals surface area contributed by atoms with Crippen LogP contribution >= 0.6 is 92.8 Å². The number of aryl methyl sites for hydroxylation is 4. The van der Waals surface area contributed by atoms with E-state index in [1.54, 1.807) is 31.3 Å². The molecule has 15 nitrogen and oxygen atoms in total. The fourth-order valence-corrected chi connectivity index (χ4v) is 20.9. The zero-order valence-corrected chi connectivity index (χ0v) is 88.5. The van der Waals surface area contributed by atoms with Gasteiger partial charge in [0.1, 0.15) is 28.8 Å². The van der Waals surface area contributed by atoms with Crippen LogP contribution in [-0.4, -0.2) is 136 Å². The second-order valence-electron chi connectivity index (χ2n) is 37.2. The maximum absolute atomic E-state index is 13.8. The van der Waals surface area contributed by atoms with Crippen LogP contribution in [0.5, 0.6) is 23.0 Å². The number of carbonyl (C=O) groups is 4. The van der Waals surface area contributed by atoms with Crippen molar-refractivity contribution in [1.82, 2.24) is 19.6 Å². The van der Waals surface area contributed by atoms with Gasteiger partial charge >= 0.3 is 6.18 Å². The van der Waals surface area contributed by atoms with E-state index >= 15 is 0 Å². The molecule has 0 bridgehead atoms. The smallest absolute Gasteiger partial charge is 0.416 e. The Morgan fingerprint density at radius 2 is 0.568 bits per heavy atom. The monoisotopic (exact) mass is 2140 g/mol. The molecule has 15 aromatic rings. The average Bonchev–Trinajstić information content (AvgIpc) is 0.793. The van der Waals surface area contributed by atoms with Gasteiger partial charge in [-0.3, -0.25) is 19.2 Å². The van der Waals surface area contributed by atoms with Crippen LogP contribution in [0, 0.1) is 33.5 Å². The normalized spacial score (nSPS) is 15.7. The first-order valence-corrected chi connectivity index (χ1v) is 51.7. The second kappa shape index (κ2) is 49.8. The number of alkyl halides is 3. The van der Waals surface area contributed by atoms with Crippen molar-refractivity contribution in [3.05, 3.63) is 458 Å². The SMILES string of the molecule is COc1ccc(-c2ccc(CC(=O)N3CCN(c4ccc(C)cc4Cl)C(c4ccc(Cl)cc4)C3)cc2)cc1.COc1cccc(-c2ccc(CC(=O)N3CCN(c4ccc(C)cc4Cl)C(c4ccc(Cl)cc4)C3)cc2)c1.Cc1ccc(N2CCN(C(=O)Cc3cc(F)cc(C(F)(F)F)c3)CC2c2ccc(Cl)cc2)c(Cl)c1.Cc1ccc(N2CCN(C(=O)Cc3ccc(Oc4ccccc4)cc3)CC2c2ccc(Cl)cc2)c(Cl)c1. The van der Waals surface area contributed by atoms with Crippen molar-refractivity contribution in [1.29, 1.82) is 0 Å². The minimum atomic E-state index is -4.70. The number of halogens is 12. The molecule has 4 saturated heterocycles. The highest BCUT2D eigenvalue weighted by Gasteiger charge is 2.39. The van der Waals surface area contributed by atoms with Crippen LogP contribution in [0.1, 0.15) is 96.5 Å². The fourth-order valence-electron chi connectivity index (χ4n) is 19.0. The molecule has 0 aromatic heterocycles. The second-order valence-corrected chi connectivity index (χ2v) is 40.6. The highest BCUT2D eigenvalue weighted by molar-refractivity contribution is 6.35. The molecule has 0 radical (unpaired) electrons. The van der Waals surface area contributed by atoms with E-state index in [0.717, 1.165) is 156 Å². The Hall–Kier alpha value is -13.2. The Morgan fingerprint density at radius 3 is 0.878 bits per heavy atom. The van der Waals surface area contributed by atoms with E-state index in [1.165, 1.54) is 0 Å². The van der Waals surface area contributed by atoms with Gasteiger partial charge in [-0.05, 0) is 281 Å². The maximum atomic E-state index is 13.8. The standard InChI is InChI=1S/2C32H30Cl2N2O2.C31H28Cl2N2O2.C26H22Cl2F4N2O/c1-22-3-16-30(29(34)19-22)36-18-17-35(21-31(36)26-8-12-27(33)13-9-26)32(37)20-23-4-6-24(7-5-23)25-10-14-28(38-2)15-11-25;1-22-6-15-30(29(34)18-22)36-17-16-35(21-31(36)25-11-13-27(33)14-12-25)32(37)19-23-7-9-24(10-8-23)26-4-3-5-28(20-26)38-2;1-22-7-16-29(28(33)19-22)35-18-17-34(21-30(35)24-10-12-25(32)13-11-24)31(36)20-23-8-14-27(15-9-23)37-26-5-3-2-4-6-26;1-16-2-7-23(22(28)10-16)34-9-8-33(15-24(34)18-3-5-20(27)6-4-18)25(35)13-17-11-19(26(30,31)32)14-21(29)12-17/h3-16,19,31H,17-18,20-21H2,1-2H3;3-15,18,20,31H,16-17,19,21H2,1-2H3;2-16,19,30H,17-18,20-21H2,1H3;2-7,10-12,14,24H,8-9,13,15H2,1H3. The third-order valence-corrected chi connectivity index (χ3v) is 29.2. The number of methoxy groups -OCH3 is 2. The van der Waals surface area contributed by atoms with Gasteiger partial charge in [0.2, 0.25) is 23.6 Å². The number of nitrogens with zero attached hydrogens (tertiary/aromatic N) is 8. The summed E-state index contributed by atoms with van der Waals surface area (Å²) in [4.78, 5) is 69.8. The molecule has 4 aliphatic heterocycles. The van der Waals surface area contributed by atoms with Crippen LogP contribution < -0.4 is 33.8 Å². The van der Waals surface area contributed by atoms with Crippen LogP contribution in [0.3, 0.4) is 0 Å². The molecule has 27 heteroatoms. The Kier molecular flexibility index (Phi) is 36.2. The topological polar surface area (TPSA) is 122 Å². The molecule has 4 aliphatic rings. The zero-order chi connectivity index (χ0) is 104. The summed E-state index contributed by atoms with van der Waals surface area (Å²) in [5.74, 6) is 2.12. The van der Waals surface area contributed by atoms with Crippen LogP contribution in [-0.2, 0) is 51.0 Å². The lowest BCUT2D eigenvalue weighted by Gasteiger charge is -2.43. The molecule has 148 heavy (non-hydrogen) atoms. The lowest BCUT2D eigenvalue weighted by molar-refractivity contribution is -0.138. The van der Waals surface area contributed by atoms with Gasteiger partial charge in [0, 0.05) is 98.6 Å². The van der Waals surface area contributed by atoms with E-state index in [0.29, 0.717) is 122 Å². The number of ether oxygens (including phenoxy) is 3. The summed E-state index contributed by atoms with van der Waals surface area (Å²) >= 11 is 51.1. The number of carbonyl (C=O) groups excluding carboxylic acids is 4. The number of rotatable bonds is 22. The van der Waals surface area contributed by atoms with E-state index in [1.807, 2.05) is 285 Å². The maximum Gasteiger partial charge on any atom is 0.416 e. The van der Waals surface area contributed by atoms with Crippen molar-refractivity contribution in [2.24, 2.45) is 0 Å². The van der Waals surface area contributed by atoms with Crippen molar-refractivity contribution in [3.63, 3.8) is 0 Å². The summed E-state index contributed by atoms with van der Waals surface area (Å²) in [5.41, 5.74) is 18.6. The van der Waals surface area contributed by atoms with E-state index in [-0.39, 0.29) is 66.3 Å². The minimum Gasteiger partial charge on any atom is -0.497 e. The lowest BCUT2D eigenvalue weighted by Crippen LogP contribution is -2.51. The lowest BCUT2D eigenvalue weighted by atomic mass is 9.99. The van der Waals surface area contributed by atoms with Crippen molar-refractivity contribution < 1.29 is 51.0 Å². The van der Waals surface area contributed by atoms with E-state index < -0.39 is 17.6 Å². The first-order valence-electron chi connectivity index (χ1n) is 48.7. The Morgan fingerprint density at radius 1 is 0.284 bits per heavy atom. The molecule has 4 atom stereocenters. The number of hydrogen-bond acceptors (Lipinski definition) is 11. The largest absolute Gasteiger partial charge is 0.497 e. The van der Waals surface area contributed by atoms with Gasteiger partial charge in [0.05, 0.1) is 112 Å². The molecule has 0 aliphatic carbocycles. The average molecular weight is 2150 g/mol. The number of benzene rings is 15. The van der Waals surface area contributed by atoms with E-state index in [9.17, 15) is 36.7 Å². The van der Waals surface area contributed by atoms with Crippen molar-refractivity contribution in [3.8, 4) is 45.3 Å². The number of hydrogen-bond donors (Lipinski definition) is 0.